The molecular weight excluding hydrogens is 270 g/mol. The predicted octanol–water partition coefficient (Wildman–Crippen LogP) is 5.28. The normalized spacial score (nSPS) is 11.9. The van der Waals surface area contributed by atoms with Crippen LogP contribution in [0.2, 0.25) is 0 Å². The van der Waals surface area contributed by atoms with Crippen molar-refractivity contribution in [1.29, 1.82) is 5.26 Å². The van der Waals surface area contributed by atoms with Gasteiger partial charge in [0, 0.05) is 0 Å². The summed E-state index contributed by atoms with van der Waals surface area (Å²) in [5.74, 6) is 1.37. The van der Waals surface area contributed by atoms with E-state index >= 15 is 0 Å². The molecule has 22 heavy (non-hydrogen) atoms. The van der Waals surface area contributed by atoms with Crippen molar-refractivity contribution in [2.45, 2.75) is 38.5 Å². The summed E-state index contributed by atoms with van der Waals surface area (Å²) in [6, 6.07) is 20.6. The third kappa shape index (κ3) is 4.63. The maximum atomic E-state index is 9.30. The number of nitrogens with zero attached hydrogens (tertiary/aromatic N) is 1. The Morgan fingerprint density at radius 1 is 1.00 bits per heavy atom. The van der Waals surface area contributed by atoms with Gasteiger partial charge in [0.15, 0.2) is 0 Å². The maximum absolute atomic E-state index is 9.30. The van der Waals surface area contributed by atoms with Crippen molar-refractivity contribution in [2.75, 3.05) is 6.61 Å². The van der Waals surface area contributed by atoms with E-state index in [-0.39, 0.29) is 5.92 Å². The molecule has 0 bridgehead atoms. The summed E-state index contributed by atoms with van der Waals surface area (Å²) in [7, 11) is 0. The predicted molar refractivity (Wildman–Crippen MR) is 90.1 cm³/mol. The molecule has 0 saturated heterocycles. The summed E-state index contributed by atoms with van der Waals surface area (Å²) in [4.78, 5) is 0. The third-order valence-corrected chi connectivity index (χ3v) is 3.79. The number of nitriles is 1. The highest BCUT2D eigenvalue weighted by atomic mass is 16.5. The van der Waals surface area contributed by atoms with Crippen LogP contribution in [0, 0.1) is 11.3 Å². The molecule has 0 amide bonds. The fourth-order valence-corrected chi connectivity index (χ4v) is 2.43. The summed E-state index contributed by atoms with van der Waals surface area (Å²) in [6.07, 6.45) is 1.70. The molecule has 0 saturated carbocycles. The second-order valence-electron chi connectivity index (χ2n) is 5.81. The van der Waals surface area contributed by atoms with Crippen LogP contribution in [-0.2, 0) is 0 Å². The molecule has 2 rings (SSSR count). The van der Waals surface area contributed by atoms with Crippen LogP contribution >= 0.6 is 0 Å². The van der Waals surface area contributed by atoms with E-state index in [4.69, 9.17) is 4.74 Å². The van der Waals surface area contributed by atoms with E-state index in [1.165, 1.54) is 5.56 Å². The number of rotatable bonds is 7. The van der Waals surface area contributed by atoms with Gasteiger partial charge in [0.2, 0.25) is 0 Å². The van der Waals surface area contributed by atoms with E-state index in [0.717, 1.165) is 24.2 Å². The monoisotopic (exact) mass is 293 g/mol. The average molecular weight is 293 g/mol. The molecule has 114 valence electrons. The van der Waals surface area contributed by atoms with Gasteiger partial charge in [0.05, 0.1) is 18.6 Å². The minimum absolute atomic E-state index is 0.0493. The van der Waals surface area contributed by atoms with E-state index in [1.807, 2.05) is 42.5 Å². The van der Waals surface area contributed by atoms with Crippen molar-refractivity contribution in [2.24, 2.45) is 0 Å². The molecule has 2 heteroatoms. The number of benzene rings is 2. The van der Waals surface area contributed by atoms with Crippen LogP contribution in [0.3, 0.4) is 0 Å². The number of hydrogen-bond acceptors (Lipinski definition) is 2. The fraction of sp³-hybridized carbons (Fsp3) is 0.350. The Morgan fingerprint density at radius 2 is 1.73 bits per heavy atom. The Bertz CT molecular complexity index is 613. The Labute approximate surface area is 133 Å². The Kier molecular flexibility index (Phi) is 6.03. The molecule has 2 aromatic rings. The summed E-state index contributed by atoms with van der Waals surface area (Å²) in [5, 5.41) is 9.30. The second-order valence-corrected chi connectivity index (χ2v) is 5.81. The lowest BCUT2D eigenvalue weighted by molar-refractivity contribution is 0.304. The number of hydrogen-bond donors (Lipinski definition) is 0. The highest BCUT2D eigenvalue weighted by molar-refractivity contribution is 5.30. The molecule has 2 aromatic carbocycles. The first-order chi connectivity index (χ1) is 10.7. The first kappa shape index (κ1) is 16.1. The molecule has 0 aliphatic rings. The molecule has 1 unspecified atom stereocenters. The van der Waals surface area contributed by atoms with Crippen LogP contribution in [0.5, 0.6) is 5.75 Å². The summed E-state index contributed by atoms with van der Waals surface area (Å²) in [6.45, 7) is 5.00. The Morgan fingerprint density at radius 3 is 2.41 bits per heavy atom. The molecule has 2 nitrogen and oxygen atoms in total. The zero-order valence-electron chi connectivity index (χ0n) is 13.3. The van der Waals surface area contributed by atoms with Gasteiger partial charge in [-0.15, -0.1) is 0 Å². The van der Waals surface area contributed by atoms with Crippen molar-refractivity contribution in [1.82, 2.24) is 0 Å². The summed E-state index contributed by atoms with van der Waals surface area (Å²) in [5.41, 5.74) is 2.38. The number of ether oxygens (including phenoxy) is 1. The Hall–Kier alpha value is -2.27. The highest BCUT2D eigenvalue weighted by Gasteiger charge is 2.09. The van der Waals surface area contributed by atoms with E-state index in [1.54, 1.807) is 0 Å². The molecule has 0 aliphatic carbocycles. The van der Waals surface area contributed by atoms with Crippen LogP contribution in [0.15, 0.2) is 54.6 Å². The average Bonchev–Trinajstić information content (AvgIpc) is 2.56. The van der Waals surface area contributed by atoms with E-state index in [0.29, 0.717) is 12.5 Å². The molecule has 0 aliphatic heterocycles. The minimum atomic E-state index is -0.0493. The van der Waals surface area contributed by atoms with Crippen molar-refractivity contribution in [3.05, 3.63) is 65.7 Å². The standard InChI is InChI=1S/C20H23NO/c1-16(2)18-10-6-12-20(14-18)22-13-7-11-19(15-21)17-8-4-3-5-9-17/h3-6,8-10,12,14,16,19H,7,11,13H2,1-2H3. The molecule has 1 atom stereocenters. The van der Waals surface area contributed by atoms with E-state index in [9.17, 15) is 5.26 Å². The van der Waals surface area contributed by atoms with Gasteiger partial charge < -0.3 is 4.74 Å². The molecule has 0 aromatic heterocycles. The first-order valence-corrected chi connectivity index (χ1v) is 7.88. The van der Waals surface area contributed by atoms with Gasteiger partial charge in [0.1, 0.15) is 5.75 Å². The second kappa shape index (κ2) is 8.24. The summed E-state index contributed by atoms with van der Waals surface area (Å²) >= 11 is 0. The highest BCUT2D eigenvalue weighted by Crippen LogP contribution is 2.22. The Balaban J connectivity index is 1.82. The third-order valence-electron chi connectivity index (χ3n) is 3.79. The molecule has 0 radical (unpaired) electrons. The smallest absolute Gasteiger partial charge is 0.119 e. The van der Waals surface area contributed by atoms with E-state index in [2.05, 4.69) is 32.0 Å². The van der Waals surface area contributed by atoms with Crippen molar-refractivity contribution >= 4 is 0 Å². The lowest BCUT2D eigenvalue weighted by atomic mass is 9.96. The minimum Gasteiger partial charge on any atom is -0.494 e. The van der Waals surface area contributed by atoms with Gasteiger partial charge >= 0.3 is 0 Å². The van der Waals surface area contributed by atoms with E-state index < -0.39 is 0 Å². The van der Waals surface area contributed by atoms with Gasteiger partial charge in [0.25, 0.3) is 0 Å². The van der Waals surface area contributed by atoms with Crippen molar-refractivity contribution < 1.29 is 4.74 Å². The molecular formula is C20H23NO. The fourth-order valence-electron chi connectivity index (χ4n) is 2.43. The zero-order chi connectivity index (χ0) is 15.8. The lowest BCUT2D eigenvalue weighted by Crippen LogP contribution is -2.02. The molecule has 0 spiro atoms. The summed E-state index contributed by atoms with van der Waals surface area (Å²) < 4.78 is 5.82. The van der Waals surface area contributed by atoms with Crippen LogP contribution in [0.4, 0.5) is 0 Å². The largest absolute Gasteiger partial charge is 0.494 e. The SMILES string of the molecule is CC(C)c1cccc(OCCCC(C#N)c2ccccc2)c1. The van der Waals surface area contributed by atoms with Crippen LogP contribution in [-0.4, -0.2) is 6.61 Å². The van der Waals surface area contributed by atoms with Gasteiger partial charge in [-0.1, -0.05) is 56.3 Å². The molecule has 0 fully saturated rings. The first-order valence-electron chi connectivity index (χ1n) is 7.88. The maximum Gasteiger partial charge on any atom is 0.119 e. The quantitative estimate of drug-likeness (QED) is 0.651. The topological polar surface area (TPSA) is 33.0 Å². The van der Waals surface area contributed by atoms with Gasteiger partial charge in [-0.05, 0) is 42.0 Å². The van der Waals surface area contributed by atoms with Crippen molar-refractivity contribution in [3.8, 4) is 11.8 Å². The molecule has 0 heterocycles. The van der Waals surface area contributed by atoms with Gasteiger partial charge in [-0.3, -0.25) is 0 Å². The zero-order valence-corrected chi connectivity index (χ0v) is 13.3. The van der Waals surface area contributed by atoms with Crippen molar-refractivity contribution in [3.63, 3.8) is 0 Å². The van der Waals surface area contributed by atoms with Gasteiger partial charge in [-0.25, -0.2) is 0 Å². The van der Waals surface area contributed by atoms with Crippen LogP contribution < -0.4 is 4.74 Å². The molecule has 0 N–H and O–H groups in total. The van der Waals surface area contributed by atoms with Gasteiger partial charge in [-0.2, -0.15) is 5.26 Å². The van der Waals surface area contributed by atoms with Crippen LogP contribution in [0.25, 0.3) is 0 Å². The lowest BCUT2D eigenvalue weighted by Gasteiger charge is -2.12. The van der Waals surface area contributed by atoms with Crippen LogP contribution in [0.1, 0.15) is 49.7 Å².